The number of fused-ring (bicyclic) bond motifs is 2. The third-order valence-electron chi connectivity index (χ3n) is 17.4. The zero-order valence-electron chi connectivity index (χ0n) is 49.2. The van der Waals surface area contributed by atoms with Crippen LogP contribution >= 0.6 is 11.3 Å². The van der Waals surface area contributed by atoms with E-state index in [2.05, 4.69) is 35.5 Å². The largest absolute Gasteiger partial charge is 0.491 e. The maximum Gasteiger partial charge on any atom is 0.410 e. The predicted octanol–water partition coefficient (Wildman–Crippen LogP) is 7.67. The van der Waals surface area contributed by atoms with Gasteiger partial charge < -0.3 is 39.2 Å². The third-order valence-corrected chi connectivity index (χ3v) is 19.0. The van der Waals surface area contributed by atoms with E-state index in [-0.39, 0.29) is 99.4 Å². The lowest BCUT2D eigenvalue weighted by molar-refractivity contribution is -0.248. The van der Waals surface area contributed by atoms with Crippen LogP contribution in [0.3, 0.4) is 0 Å². The number of nitrogens with one attached hydrogen (secondary N) is 2. The van der Waals surface area contributed by atoms with Crippen molar-refractivity contribution in [2.45, 2.75) is 97.4 Å². The fraction of sp³-hybridized carbons (Fsp3) is 0.444. The first-order chi connectivity index (χ1) is 42.1. The van der Waals surface area contributed by atoms with Crippen LogP contribution in [0.5, 0.6) is 5.75 Å². The molecule has 5 heterocycles. The van der Waals surface area contributed by atoms with Crippen molar-refractivity contribution in [3.8, 4) is 16.9 Å². The molecule has 4 saturated carbocycles. The SMILES string of the molecule is Cc1c(-c2ccc(N3CCc4cccc(C(=O)Nc5nc6ccccc6s5)c4C3)nc2C(=O)O)cnn1CC12CC3(C)CC(C)(C1)CC(OCCN(CCS(=O)(=O)O)C(=O)OCc1cc[c]cc1OCCOCCNC(=O)CCN1C(=O)C=CC1=O)(C3)C2. The maximum absolute atomic E-state index is 13.8. The summed E-state index contributed by atoms with van der Waals surface area (Å²) in [6.45, 7) is 8.11. The Morgan fingerprint density at radius 1 is 0.875 bits per heavy atom. The molecule has 4 aliphatic carbocycles. The molecule has 23 nitrogen and oxygen atoms in total. The van der Waals surface area contributed by atoms with Gasteiger partial charge in [0.2, 0.25) is 5.91 Å². The van der Waals surface area contributed by atoms with Gasteiger partial charge in [-0.05, 0) is 122 Å². The highest BCUT2D eigenvalue weighted by Gasteiger charge is 2.66. The first-order valence-electron chi connectivity index (χ1n) is 29.4. The van der Waals surface area contributed by atoms with E-state index in [4.69, 9.17) is 29.0 Å². The molecule has 3 aromatic heterocycles. The Morgan fingerprint density at radius 3 is 2.42 bits per heavy atom. The fourth-order valence-electron chi connectivity index (χ4n) is 14.8. The maximum atomic E-state index is 13.8. The third kappa shape index (κ3) is 13.9. The first-order valence-corrected chi connectivity index (χ1v) is 31.8. The minimum Gasteiger partial charge on any atom is -0.491 e. The van der Waals surface area contributed by atoms with Gasteiger partial charge in [0.15, 0.2) is 10.8 Å². The highest BCUT2D eigenvalue weighted by molar-refractivity contribution is 7.85. The van der Waals surface area contributed by atoms with E-state index in [1.54, 1.807) is 36.5 Å². The van der Waals surface area contributed by atoms with Crippen molar-refractivity contribution in [3.05, 3.63) is 131 Å². The molecule has 0 saturated heterocycles. The van der Waals surface area contributed by atoms with Crippen molar-refractivity contribution in [1.82, 2.24) is 34.9 Å². The van der Waals surface area contributed by atoms with E-state index in [1.807, 2.05) is 59.0 Å². The summed E-state index contributed by atoms with van der Waals surface area (Å²) in [5.74, 6) is -2.56. The lowest BCUT2D eigenvalue weighted by atomic mass is 9.39. The molecule has 3 aromatic carbocycles. The molecule has 2 aliphatic heterocycles. The highest BCUT2D eigenvalue weighted by Crippen LogP contribution is 2.72. The standard InChI is InChI=1S/C63H70N9O14S2/c1-41-46(44-15-16-51(67-55(44)57(77)78)70-22-19-42-10-8-11-45(47(42)32-70)56(76)68-58-66-48-12-5-7-14-50(48)87-58)31-65-72(41)40-62-35-60(2)34-61(3,36-62)38-63(37-60,39-62)86-27-24-69(25-30-88(80,81)82)59(79)85-33-43-9-4-6-13-49(43)84-29-28-83-26-21-64-52(73)20-23-71-53(74)17-18-54(71)75/h4-5,7-18,31H,19-30,32-40H2,1-3H3,(H,64,73)(H,77,78)(H,66,68,76)(H,80,81,82). The van der Waals surface area contributed by atoms with Crippen LogP contribution < -0.4 is 20.3 Å². The molecule has 5 amide bonds. The molecule has 4 bridgehead atoms. The monoisotopic (exact) mass is 1240 g/mol. The lowest BCUT2D eigenvalue weighted by Gasteiger charge is -2.69. The number of amides is 5. The van der Waals surface area contributed by atoms with Gasteiger partial charge in [0.05, 0.1) is 47.6 Å². The van der Waals surface area contributed by atoms with Crippen molar-refractivity contribution in [2.24, 2.45) is 16.2 Å². The summed E-state index contributed by atoms with van der Waals surface area (Å²) in [7, 11) is -4.46. The van der Waals surface area contributed by atoms with Crippen LogP contribution in [0.15, 0.2) is 91.1 Å². The molecule has 0 spiro atoms. The summed E-state index contributed by atoms with van der Waals surface area (Å²) in [5.41, 5.74) is 4.50. The first kappa shape index (κ1) is 61.5. The molecule has 4 fully saturated rings. The van der Waals surface area contributed by atoms with Crippen molar-refractivity contribution in [3.63, 3.8) is 0 Å². The van der Waals surface area contributed by atoms with Gasteiger partial charge in [-0.2, -0.15) is 13.5 Å². The smallest absolute Gasteiger partial charge is 0.410 e. The minimum absolute atomic E-state index is 0.0222. The topological polar surface area (TPSA) is 291 Å². The molecule has 463 valence electrons. The zero-order valence-corrected chi connectivity index (χ0v) is 50.9. The summed E-state index contributed by atoms with van der Waals surface area (Å²) in [6, 6.07) is 24.8. The molecule has 25 heteroatoms. The van der Waals surface area contributed by atoms with Crippen molar-refractivity contribution < 1.29 is 65.8 Å². The van der Waals surface area contributed by atoms with E-state index in [0.717, 1.165) is 76.2 Å². The molecular weight excluding hydrogens is 1170 g/mol. The Hall–Kier alpha value is -8.10. The second-order valence-electron chi connectivity index (χ2n) is 24.5. The zero-order chi connectivity index (χ0) is 62.0. The van der Waals surface area contributed by atoms with Crippen LogP contribution in [0, 0.1) is 29.2 Å². The van der Waals surface area contributed by atoms with Crippen LogP contribution in [0.4, 0.5) is 15.7 Å². The summed E-state index contributed by atoms with van der Waals surface area (Å²) in [4.78, 5) is 89.9. The number of imide groups is 1. The minimum atomic E-state index is -4.46. The number of aromatic nitrogens is 4. The summed E-state index contributed by atoms with van der Waals surface area (Å²) in [6.07, 6.45) is 8.95. The number of ether oxygens (including phenoxy) is 4. The number of nitrogens with zero attached hydrogens (tertiary/aromatic N) is 7. The molecule has 2 atom stereocenters. The van der Waals surface area contributed by atoms with Gasteiger partial charge in [-0.25, -0.2) is 19.6 Å². The van der Waals surface area contributed by atoms with Crippen LogP contribution in [0.2, 0.25) is 0 Å². The van der Waals surface area contributed by atoms with Gasteiger partial charge in [0, 0.05) is 92.3 Å². The van der Waals surface area contributed by atoms with Gasteiger partial charge in [0.1, 0.15) is 24.8 Å². The average molecular weight is 1240 g/mol. The summed E-state index contributed by atoms with van der Waals surface area (Å²) in [5, 5.41) is 21.8. The van der Waals surface area contributed by atoms with Gasteiger partial charge in [-0.3, -0.25) is 38.6 Å². The Morgan fingerprint density at radius 2 is 1.66 bits per heavy atom. The molecule has 88 heavy (non-hydrogen) atoms. The molecule has 1 radical (unpaired) electrons. The lowest BCUT2D eigenvalue weighted by Crippen LogP contribution is -2.64. The summed E-state index contributed by atoms with van der Waals surface area (Å²) >= 11 is 1.41. The van der Waals surface area contributed by atoms with Gasteiger partial charge >= 0.3 is 12.1 Å². The highest BCUT2D eigenvalue weighted by atomic mass is 32.2. The van der Waals surface area contributed by atoms with Crippen molar-refractivity contribution >= 4 is 78.3 Å². The van der Waals surface area contributed by atoms with Crippen molar-refractivity contribution in [2.75, 3.05) is 75.1 Å². The van der Waals surface area contributed by atoms with E-state index < -0.39 is 45.3 Å². The number of para-hydroxylation sites is 1. The Kier molecular flexibility index (Phi) is 17.6. The number of aromatic carboxylic acids is 1. The number of carbonyl (C=O) groups excluding carboxylic acids is 5. The normalized spacial score (nSPS) is 21.9. The molecular formula is C63H70N9O14S2. The number of carbonyl (C=O) groups is 6. The van der Waals surface area contributed by atoms with Crippen LogP contribution in [0.25, 0.3) is 21.3 Å². The predicted molar refractivity (Wildman–Crippen MR) is 324 cm³/mol. The number of hydrogen-bond acceptors (Lipinski definition) is 17. The Bertz CT molecular complexity index is 3780. The molecule has 2 unspecified atom stereocenters. The Balaban J connectivity index is 0.706. The number of anilines is 2. The number of rotatable bonds is 26. The van der Waals surface area contributed by atoms with Crippen molar-refractivity contribution in [1.29, 1.82) is 0 Å². The quantitative estimate of drug-likeness (QED) is 0.0230. The number of carboxylic acids is 1. The number of pyridine rings is 1. The molecule has 12 rings (SSSR count). The average Bonchev–Trinajstić information content (AvgIpc) is 0.786. The van der Waals surface area contributed by atoms with Crippen LogP contribution in [-0.4, -0.2) is 154 Å². The van der Waals surface area contributed by atoms with Crippen LogP contribution in [0.1, 0.15) is 102 Å². The van der Waals surface area contributed by atoms with E-state index in [1.165, 1.54) is 16.2 Å². The molecule has 6 aliphatic rings. The summed E-state index contributed by atoms with van der Waals surface area (Å²) < 4.78 is 60.9. The number of thiazole rings is 1. The molecule has 6 aromatic rings. The van der Waals surface area contributed by atoms with E-state index in [9.17, 15) is 46.8 Å². The van der Waals surface area contributed by atoms with Crippen LogP contribution in [-0.2, 0) is 64.8 Å². The second kappa shape index (κ2) is 25.2. The van der Waals surface area contributed by atoms with E-state index in [0.29, 0.717) is 71.4 Å². The van der Waals surface area contributed by atoms with Gasteiger partial charge in [-0.15, -0.1) is 0 Å². The second-order valence-corrected chi connectivity index (χ2v) is 27.1. The fourth-order valence-corrected chi connectivity index (χ4v) is 16.1. The number of hydrogen-bond donors (Lipinski definition) is 4. The van der Waals surface area contributed by atoms with E-state index >= 15 is 0 Å². The number of carboxylic acid groups (broad SMARTS) is 1. The Labute approximate surface area is 513 Å². The molecule has 4 N–H and O–H groups in total. The number of benzene rings is 3. The van der Waals surface area contributed by atoms with Gasteiger partial charge in [0.25, 0.3) is 27.8 Å². The van der Waals surface area contributed by atoms with Gasteiger partial charge in [-0.1, -0.05) is 61.6 Å².